The number of hydrogen-bond acceptors (Lipinski definition) is 4. The predicted octanol–water partition coefficient (Wildman–Crippen LogP) is 2.04. The van der Waals surface area contributed by atoms with Crippen LogP contribution >= 0.6 is 0 Å². The minimum absolute atomic E-state index is 0.0249. The average molecular weight is 341 g/mol. The predicted molar refractivity (Wildman–Crippen MR) is 99.4 cm³/mol. The smallest absolute Gasteiger partial charge is 0.223 e. The van der Waals surface area contributed by atoms with Crippen molar-refractivity contribution in [3.8, 4) is 0 Å². The third kappa shape index (κ3) is 4.39. The van der Waals surface area contributed by atoms with E-state index in [9.17, 15) is 4.79 Å². The Morgan fingerprint density at radius 1 is 1.40 bits per heavy atom. The first-order valence-corrected chi connectivity index (χ1v) is 8.79. The molecule has 0 unspecified atom stereocenters. The van der Waals surface area contributed by atoms with Crippen LogP contribution in [0, 0.1) is 12.8 Å². The van der Waals surface area contributed by atoms with Crippen LogP contribution in [-0.2, 0) is 11.3 Å². The standard InChI is InChI=1S/C19H27N5O/c1-14-9-18-21-12-15(13-24(18)22-14)11-20-17(10-19(25)23(2)3)16-7-5-4-6-8-16/h4-9,15,17,20-21H,10-13H2,1-3H3/t15-,17-/m1/s1. The number of nitrogens with one attached hydrogen (secondary N) is 2. The van der Waals surface area contributed by atoms with E-state index in [-0.39, 0.29) is 11.9 Å². The van der Waals surface area contributed by atoms with E-state index in [2.05, 4.69) is 33.9 Å². The molecule has 6 nitrogen and oxygen atoms in total. The molecule has 0 spiro atoms. The van der Waals surface area contributed by atoms with Gasteiger partial charge >= 0.3 is 0 Å². The van der Waals surface area contributed by atoms with E-state index in [0.717, 1.165) is 36.7 Å². The zero-order valence-electron chi connectivity index (χ0n) is 15.2. The van der Waals surface area contributed by atoms with Crippen LogP contribution in [0.15, 0.2) is 36.4 Å². The number of nitrogens with zero attached hydrogens (tertiary/aromatic N) is 3. The van der Waals surface area contributed by atoms with Crippen molar-refractivity contribution in [1.29, 1.82) is 0 Å². The maximum atomic E-state index is 12.2. The van der Waals surface area contributed by atoms with E-state index in [0.29, 0.717) is 12.3 Å². The van der Waals surface area contributed by atoms with Gasteiger partial charge < -0.3 is 15.5 Å². The molecule has 2 aromatic rings. The number of aromatic nitrogens is 2. The van der Waals surface area contributed by atoms with E-state index >= 15 is 0 Å². The van der Waals surface area contributed by atoms with Crippen molar-refractivity contribution < 1.29 is 4.79 Å². The van der Waals surface area contributed by atoms with Gasteiger partial charge in [0.25, 0.3) is 0 Å². The molecule has 25 heavy (non-hydrogen) atoms. The average Bonchev–Trinajstić information content (AvgIpc) is 2.98. The summed E-state index contributed by atoms with van der Waals surface area (Å²) in [6.07, 6.45) is 0.462. The molecule has 1 aromatic heterocycles. The summed E-state index contributed by atoms with van der Waals surface area (Å²) in [4.78, 5) is 13.9. The highest BCUT2D eigenvalue weighted by Gasteiger charge is 2.22. The Morgan fingerprint density at radius 3 is 2.88 bits per heavy atom. The lowest BCUT2D eigenvalue weighted by Crippen LogP contribution is -2.38. The fourth-order valence-electron chi connectivity index (χ4n) is 3.18. The van der Waals surface area contributed by atoms with E-state index in [1.54, 1.807) is 19.0 Å². The molecule has 0 saturated heterocycles. The lowest BCUT2D eigenvalue weighted by atomic mass is 10.0. The van der Waals surface area contributed by atoms with Gasteiger partial charge in [0.15, 0.2) is 0 Å². The molecular formula is C19H27N5O. The number of aryl methyl sites for hydroxylation is 1. The van der Waals surface area contributed by atoms with Gasteiger partial charge in [0.05, 0.1) is 5.69 Å². The molecular weight excluding hydrogens is 314 g/mol. The Labute approximate surface area is 149 Å². The first-order valence-electron chi connectivity index (χ1n) is 8.79. The lowest BCUT2D eigenvalue weighted by molar-refractivity contribution is -0.129. The quantitative estimate of drug-likeness (QED) is 0.844. The molecule has 6 heteroatoms. The van der Waals surface area contributed by atoms with Crippen molar-refractivity contribution in [2.24, 2.45) is 5.92 Å². The minimum Gasteiger partial charge on any atom is -0.370 e. The van der Waals surface area contributed by atoms with Gasteiger partial charge in [0.2, 0.25) is 5.91 Å². The molecule has 1 amide bonds. The number of anilines is 1. The molecule has 2 N–H and O–H groups in total. The van der Waals surface area contributed by atoms with Crippen molar-refractivity contribution >= 4 is 11.7 Å². The van der Waals surface area contributed by atoms with Crippen LogP contribution in [0.4, 0.5) is 5.82 Å². The number of amides is 1. The summed E-state index contributed by atoms with van der Waals surface area (Å²) in [6, 6.07) is 12.3. The second-order valence-corrected chi connectivity index (χ2v) is 6.96. The third-order valence-electron chi connectivity index (χ3n) is 4.64. The molecule has 134 valence electrons. The van der Waals surface area contributed by atoms with E-state index < -0.39 is 0 Å². The summed E-state index contributed by atoms with van der Waals surface area (Å²) >= 11 is 0. The van der Waals surface area contributed by atoms with E-state index in [4.69, 9.17) is 0 Å². The summed E-state index contributed by atoms with van der Waals surface area (Å²) in [5.74, 6) is 1.66. The van der Waals surface area contributed by atoms with Gasteiger partial charge in [-0.1, -0.05) is 30.3 Å². The maximum Gasteiger partial charge on any atom is 0.223 e. The zero-order chi connectivity index (χ0) is 17.8. The van der Waals surface area contributed by atoms with Gasteiger partial charge in [-0.05, 0) is 12.5 Å². The fourth-order valence-corrected chi connectivity index (χ4v) is 3.18. The molecule has 1 aliphatic heterocycles. The highest BCUT2D eigenvalue weighted by atomic mass is 16.2. The summed E-state index contributed by atoms with van der Waals surface area (Å²) < 4.78 is 2.04. The van der Waals surface area contributed by atoms with Gasteiger partial charge in [0.1, 0.15) is 5.82 Å². The van der Waals surface area contributed by atoms with Crippen LogP contribution in [0.2, 0.25) is 0 Å². The van der Waals surface area contributed by atoms with Gasteiger partial charge in [-0.3, -0.25) is 4.79 Å². The Hall–Kier alpha value is -2.34. The van der Waals surface area contributed by atoms with Crippen LogP contribution < -0.4 is 10.6 Å². The fraction of sp³-hybridized carbons (Fsp3) is 0.474. The molecule has 2 heterocycles. The van der Waals surface area contributed by atoms with Crippen LogP contribution in [-0.4, -0.2) is 47.8 Å². The number of fused-ring (bicyclic) bond motifs is 1. The van der Waals surface area contributed by atoms with Gasteiger partial charge in [-0.2, -0.15) is 5.10 Å². The van der Waals surface area contributed by atoms with Gasteiger partial charge in [-0.25, -0.2) is 4.68 Å². The number of carbonyl (C=O) groups is 1. The van der Waals surface area contributed by atoms with Crippen molar-refractivity contribution in [3.05, 3.63) is 47.7 Å². The Kier molecular flexibility index (Phi) is 5.38. The Bertz CT molecular complexity index is 710. The van der Waals surface area contributed by atoms with Crippen molar-refractivity contribution in [2.75, 3.05) is 32.5 Å². The number of rotatable bonds is 6. The first-order chi connectivity index (χ1) is 12.0. The Balaban J connectivity index is 1.63. The summed E-state index contributed by atoms with van der Waals surface area (Å²) in [5, 5.41) is 11.6. The van der Waals surface area contributed by atoms with E-state index in [1.807, 2.05) is 29.8 Å². The van der Waals surface area contributed by atoms with Crippen LogP contribution in [0.1, 0.15) is 23.7 Å². The second kappa shape index (κ2) is 7.70. The molecule has 0 bridgehead atoms. The molecule has 0 fully saturated rings. The minimum atomic E-state index is 0.0249. The topological polar surface area (TPSA) is 62.2 Å². The van der Waals surface area contributed by atoms with Crippen molar-refractivity contribution in [3.63, 3.8) is 0 Å². The normalized spacial score (nSPS) is 17.5. The third-order valence-corrected chi connectivity index (χ3v) is 4.64. The van der Waals surface area contributed by atoms with Crippen LogP contribution in [0.3, 0.4) is 0 Å². The first kappa shape index (κ1) is 17.5. The zero-order valence-corrected chi connectivity index (χ0v) is 15.2. The number of benzene rings is 1. The SMILES string of the molecule is Cc1cc2n(n1)C[C@H](CN[C@H](CC(=O)N(C)C)c1ccccc1)CN2. The summed E-state index contributed by atoms with van der Waals surface area (Å²) in [6.45, 7) is 4.66. The maximum absolute atomic E-state index is 12.2. The molecule has 1 aromatic carbocycles. The molecule has 0 radical (unpaired) electrons. The second-order valence-electron chi connectivity index (χ2n) is 6.96. The molecule has 2 atom stereocenters. The Morgan fingerprint density at radius 2 is 2.16 bits per heavy atom. The van der Waals surface area contributed by atoms with Crippen molar-refractivity contribution in [2.45, 2.75) is 25.9 Å². The highest BCUT2D eigenvalue weighted by Crippen LogP contribution is 2.21. The van der Waals surface area contributed by atoms with Gasteiger partial charge in [-0.15, -0.1) is 0 Å². The van der Waals surface area contributed by atoms with Crippen LogP contribution in [0.25, 0.3) is 0 Å². The number of hydrogen-bond donors (Lipinski definition) is 2. The van der Waals surface area contributed by atoms with Gasteiger partial charge in [0, 0.05) is 58.2 Å². The monoisotopic (exact) mass is 341 g/mol. The highest BCUT2D eigenvalue weighted by molar-refractivity contribution is 5.76. The molecule has 3 rings (SSSR count). The largest absolute Gasteiger partial charge is 0.370 e. The van der Waals surface area contributed by atoms with E-state index in [1.165, 1.54) is 0 Å². The lowest BCUT2D eigenvalue weighted by Gasteiger charge is -2.28. The number of carbonyl (C=O) groups excluding carboxylic acids is 1. The molecule has 1 aliphatic rings. The molecule has 0 aliphatic carbocycles. The summed E-state index contributed by atoms with van der Waals surface area (Å²) in [5.41, 5.74) is 2.19. The van der Waals surface area contributed by atoms with Crippen molar-refractivity contribution in [1.82, 2.24) is 20.0 Å². The van der Waals surface area contributed by atoms with Crippen LogP contribution in [0.5, 0.6) is 0 Å². The summed E-state index contributed by atoms with van der Waals surface area (Å²) in [7, 11) is 3.61. The molecule has 0 saturated carbocycles.